The van der Waals surface area contributed by atoms with Crippen molar-refractivity contribution in [2.75, 3.05) is 11.4 Å². The molecule has 1 fully saturated rings. The Balaban J connectivity index is 1.58. The van der Waals surface area contributed by atoms with Gasteiger partial charge < -0.3 is 13.8 Å². The molecule has 6 nitrogen and oxygen atoms in total. The average molecular weight is 348 g/mol. The maximum Gasteiger partial charge on any atom is 0.293 e. The number of amides is 1. The number of nitrogens with zero attached hydrogens (tertiary/aromatic N) is 3. The fourth-order valence-corrected chi connectivity index (χ4v) is 2.87. The normalized spacial score (nSPS) is 17.7. The van der Waals surface area contributed by atoms with Crippen molar-refractivity contribution >= 4 is 23.2 Å². The lowest BCUT2D eigenvalue weighted by Gasteiger charge is -2.17. The van der Waals surface area contributed by atoms with Gasteiger partial charge >= 0.3 is 0 Å². The summed E-state index contributed by atoms with van der Waals surface area (Å²) in [6.07, 6.45) is 1.68. The van der Waals surface area contributed by atoms with E-state index in [4.69, 9.17) is 20.5 Å². The van der Waals surface area contributed by atoms with Crippen LogP contribution < -0.4 is 4.90 Å². The molecule has 0 aliphatic carbocycles. The van der Waals surface area contributed by atoms with Gasteiger partial charge in [0.25, 0.3) is 5.89 Å². The summed E-state index contributed by atoms with van der Waals surface area (Å²) >= 11 is 5.75. The summed E-state index contributed by atoms with van der Waals surface area (Å²) < 4.78 is 24.4. The van der Waals surface area contributed by atoms with Gasteiger partial charge in [0.2, 0.25) is 5.91 Å². The van der Waals surface area contributed by atoms with Crippen molar-refractivity contribution in [1.29, 1.82) is 0 Å². The van der Waals surface area contributed by atoms with Gasteiger partial charge in [0.15, 0.2) is 11.6 Å². The van der Waals surface area contributed by atoms with E-state index >= 15 is 0 Å². The predicted octanol–water partition coefficient (Wildman–Crippen LogP) is 3.64. The molecule has 3 heterocycles. The van der Waals surface area contributed by atoms with Gasteiger partial charge in [-0.25, -0.2) is 4.39 Å². The van der Waals surface area contributed by atoms with Gasteiger partial charge in [-0.15, -0.1) is 0 Å². The van der Waals surface area contributed by atoms with Gasteiger partial charge in [0, 0.05) is 23.9 Å². The number of hydrogen-bond donors (Lipinski definition) is 0. The Hall–Kier alpha value is -2.67. The van der Waals surface area contributed by atoms with Crippen LogP contribution in [-0.4, -0.2) is 22.6 Å². The molecule has 122 valence electrons. The third-order valence-electron chi connectivity index (χ3n) is 3.86. The average Bonchev–Trinajstić information content (AvgIpc) is 3.27. The summed E-state index contributed by atoms with van der Waals surface area (Å²) in [6, 6.07) is 7.63. The fraction of sp³-hybridized carbons (Fsp3) is 0.188. The largest absolute Gasteiger partial charge is 0.459 e. The first-order valence-corrected chi connectivity index (χ1v) is 7.62. The second-order valence-corrected chi connectivity index (χ2v) is 5.87. The summed E-state index contributed by atoms with van der Waals surface area (Å²) in [5.74, 6) is 0.0790. The van der Waals surface area contributed by atoms with Gasteiger partial charge in [0.1, 0.15) is 5.82 Å². The minimum atomic E-state index is -0.541. The third kappa shape index (κ3) is 2.56. The summed E-state index contributed by atoms with van der Waals surface area (Å²) in [5.41, 5.74) is 0.196. The van der Waals surface area contributed by atoms with E-state index in [-0.39, 0.29) is 41.4 Å². The maximum atomic E-state index is 14.1. The molecule has 0 bridgehead atoms. The van der Waals surface area contributed by atoms with Crippen LogP contribution in [0, 0.1) is 5.82 Å². The Morgan fingerprint density at radius 2 is 2.21 bits per heavy atom. The number of anilines is 1. The SMILES string of the molecule is O=C1CC(c2noc(-c3ccco3)n2)CN1c1ccc(Cl)cc1F. The highest BCUT2D eigenvalue weighted by Gasteiger charge is 2.35. The van der Waals surface area contributed by atoms with Gasteiger partial charge in [-0.2, -0.15) is 4.98 Å². The van der Waals surface area contributed by atoms with Crippen molar-refractivity contribution < 1.29 is 18.1 Å². The molecule has 0 spiro atoms. The summed E-state index contributed by atoms with van der Waals surface area (Å²) in [5, 5.41) is 4.19. The minimum absolute atomic E-state index is 0.180. The Morgan fingerprint density at radius 1 is 1.33 bits per heavy atom. The number of rotatable bonds is 3. The van der Waals surface area contributed by atoms with E-state index in [1.54, 1.807) is 18.2 Å². The fourth-order valence-electron chi connectivity index (χ4n) is 2.71. The molecule has 1 unspecified atom stereocenters. The van der Waals surface area contributed by atoms with E-state index in [0.29, 0.717) is 11.6 Å². The molecule has 8 heteroatoms. The molecule has 1 saturated heterocycles. The molecular formula is C16H11ClFN3O3. The van der Waals surface area contributed by atoms with E-state index in [1.807, 2.05) is 0 Å². The summed E-state index contributed by atoms with van der Waals surface area (Å²) in [4.78, 5) is 17.9. The molecule has 1 aromatic carbocycles. The Morgan fingerprint density at radius 3 is 2.96 bits per heavy atom. The van der Waals surface area contributed by atoms with Gasteiger partial charge in [-0.05, 0) is 30.3 Å². The minimum Gasteiger partial charge on any atom is -0.459 e. The summed E-state index contributed by atoms with van der Waals surface area (Å²) in [7, 11) is 0. The van der Waals surface area contributed by atoms with E-state index in [1.165, 1.54) is 23.3 Å². The van der Waals surface area contributed by atoms with Gasteiger partial charge in [-0.1, -0.05) is 16.8 Å². The van der Waals surface area contributed by atoms with Crippen molar-refractivity contribution in [2.24, 2.45) is 0 Å². The second-order valence-electron chi connectivity index (χ2n) is 5.44. The zero-order valence-corrected chi connectivity index (χ0v) is 13.0. The van der Waals surface area contributed by atoms with Crippen LogP contribution in [0.15, 0.2) is 45.5 Å². The Kier molecular flexibility index (Phi) is 3.57. The molecule has 0 radical (unpaired) electrons. The molecule has 24 heavy (non-hydrogen) atoms. The number of halogens is 2. The predicted molar refractivity (Wildman–Crippen MR) is 83.1 cm³/mol. The zero-order chi connectivity index (χ0) is 16.7. The first-order valence-electron chi connectivity index (χ1n) is 7.24. The topological polar surface area (TPSA) is 72.4 Å². The van der Waals surface area contributed by atoms with Gasteiger partial charge in [-0.3, -0.25) is 4.79 Å². The monoisotopic (exact) mass is 347 g/mol. The van der Waals surface area contributed by atoms with Crippen LogP contribution in [0.4, 0.5) is 10.1 Å². The molecule has 2 aromatic heterocycles. The number of hydrogen-bond acceptors (Lipinski definition) is 5. The number of benzene rings is 1. The molecule has 1 aliphatic heterocycles. The van der Waals surface area contributed by atoms with Crippen molar-refractivity contribution in [1.82, 2.24) is 10.1 Å². The quantitative estimate of drug-likeness (QED) is 0.723. The zero-order valence-electron chi connectivity index (χ0n) is 12.3. The molecule has 1 amide bonds. The van der Waals surface area contributed by atoms with E-state index in [9.17, 15) is 9.18 Å². The second kappa shape index (κ2) is 5.76. The number of carbonyl (C=O) groups excluding carboxylic acids is 1. The van der Waals surface area contributed by atoms with Crippen LogP contribution in [0.25, 0.3) is 11.7 Å². The highest BCUT2D eigenvalue weighted by molar-refractivity contribution is 6.30. The molecule has 0 N–H and O–H groups in total. The third-order valence-corrected chi connectivity index (χ3v) is 4.10. The Labute approximate surface area is 140 Å². The lowest BCUT2D eigenvalue weighted by atomic mass is 10.1. The first-order chi connectivity index (χ1) is 11.6. The van der Waals surface area contributed by atoms with Crippen molar-refractivity contribution in [3.8, 4) is 11.7 Å². The van der Waals surface area contributed by atoms with Crippen LogP contribution in [0.2, 0.25) is 5.02 Å². The lowest BCUT2D eigenvalue weighted by molar-refractivity contribution is -0.117. The van der Waals surface area contributed by atoms with E-state index < -0.39 is 5.82 Å². The van der Waals surface area contributed by atoms with Crippen LogP contribution in [0.1, 0.15) is 18.2 Å². The Bertz CT molecular complexity index is 894. The van der Waals surface area contributed by atoms with E-state index in [2.05, 4.69) is 10.1 Å². The first kappa shape index (κ1) is 14.9. The number of carbonyl (C=O) groups is 1. The van der Waals surface area contributed by atoms with Crippen molar-refractivity contribution in [2.45, 2.75) is 12.3 Å². The van der Waals surface area contributed by atoms with Crippen LogP contribution in [-0.2, 0) is 4.79 Å². The van der Waals surface area contributed by atoms with Crippen LogP contribution >= 0.6 is 11.6 Å². The highest BCUT2D eigenvalue weighted by Crippen LogP contribution is 2.33. The molecule has 4 rings (SSSR count). The van der Waals surface area contributed by atoms with Gasteiger partial charge in [0.05, 0.1) is 12.0 Å². The lowest BCUT2D eigenvalue weighted by Crippen LogP contribution is -2.25. The standard InChI is InChI=1S/C16H11ClFN3O3/c17-10-3-4-12(11(18)7-10)21-8-9(6-14(21)22)15-19-16(24-20-15)13-2-1-5-23-13/h1-5,7,9H,6,8H2. The van der Waals surface area contributed by atoms with Crippen LogP contribution in [0.5, 0.6) is 0 Å². The summed E-state index contributed by atoms with van der Waals surface area (Å²) in [6.45, 7) is 0.272. The van der Waals surface area contributed by atoms with Crippen molar-refractivity contribution in [3.05, 3.63) is 53.3 Å². The number of furan rings is 1. The molecular weight excluding hydrogens is 337 g/mol. The molecule has 3 aromatic rings. The van der Waals surface area contributed by atoms with Crippen molar-refractivity contribution in [3.63, 3.8) is 0 Å². The molecule has 1 aliphatic rings. The smallest absolute Gasteiger partial charge is 0.293 e. The molecule has 0 saturated carbocycles. The van der Waals surface area contributed by atoms with E-state index in [0.717, 1.165) is 0 Å². The molecule has 1 atom stereocenters. The van der Waals surface area contributed by atoms with Crippen LogP contribution in [0.3, 0.4) is 0 Å². The highest BCUT2D eigenvalue weighted by atomic mass is 35.5. The maximum absolute atomic E-state index is 14.1. The number of aromatic nitrogens is 2.